The van der Waals surface area contributed by atoms with E-state index in [1.165, 1.54) is 26.0 Å². The van der Waals surface area contributed by atoms with Crippen LogP contribution >= 0.6 is 15.9 Å². The van der Waals surface area contributed by atoms with E-state index < -0.39 is 17.9 Å². The second-order valence-corrected chi connectivity index (χ2v) is 4.56. The van der Waals surface area contributed by atoms with Gasteiger partial charge in [-0.1, -0.05) is 15.9 Å². The van der Waals surface area contributed by atoms with Gasteiger partial charge in [-0.05, 0) is 18.6 Å². The zero-order valence-corrected chi connectivity index (χ0v) is 13.5. The summed E-state index contributed by atoms with van der Waals surface area (Å²) in [6, 6.07) is 2.82. The molecule has 1 rings (SSSR count). The number of benzene rings is 1. The van der Waals surface area contributed by atoms with E-state index in [9.17, 15) is 14.4 Å². The number of ether oxygens (including phenoxy) is 3. The van der Waals surface area contributed by atoms with Crippen LogP contribution in [0, 0.1) is 0 Å². The van der Waals surface area contributed by atoms with Gasteiger partial charge in [-0.25, -0.2) is 4.79 Å². The summed E-state index contributed by atoms with van der Waals surface area (Å²) in [4.78, 5) is 34.2. The van der Waals surface area contributed by atoms with Gasteiger partial charge in [0.1, 0.15) is 17.1 Å². The molecule has 0 aliphatic rings. The number of esters is 3. The minimum absolute atomic E-state index is 0.00542. The normalized spacial score (nSPS) is 9.90. The first-order chi connectivity index (χ1) is 9.88. The fourth-order valence-corrected chi connectivity index (χ4v) is 2.09. The monoisotopic (exact) mass is 358 g/mol. The molecule has 0 saturated heterocycles. The van der Waals surface area contributed by atoms with Crippen molar-refractivity contribution in [2.45, 2.75) is 26.1 Å². The lowest BCUT2D eigenvalue weighted by Gasteiger charge is -2.14. The Morgan fingerprint density at radius 1 is 1.10 bits per heavy atom. The van der Waals surface area contributed by atoms with E-state index in [1.54, 1.807) is 6.92 Å². The first-order valence-corrected chi connectivity index (χ1v) is 7.28. The molecule has 0 aliphatic carbocycles. The lowest BCUT2D eigenvalue weighted by atomic mass is 10.1. The number of carbonyl (C=O) groups is 3. The van der Waals surface area contributed by atoms with Gasteiger partial charge < -0.3 is 14.2 Å². The average Bonchev–Trinajstić information content (AvgIpc) is 2.36. The highest BCUT2D eigenvalue weighted by atomic mass is 79.9. The number of halogens is 1. The first-order valence-electron chi connectivity index (χ1n) is 6.15. The lowest BCUT2D eigenvalue weighted by Crippen LogP contribution is -2.13. The summed E-state index contributed by atoms with van der Waals surface area (Å²) < 4.78 is 15.0. The predicted molar refractivity (Wildman–Crippen MR) is 77.6 cm³/mol. The maximum Gasteiger partial charge on any atom is 0.342 e. The third-order valence-electron chi connectivity index (χ3n) is 2.30. The SMILES string of the molecule is CCOC(=O)c1c(CBr)cc(OC(C)=O)cc1OC(C)=O. The Morgan fingerprint density at radius 3 is 2.19 bits per heavy atom. The molecule has 1 aromatic rings. The molecule has 7 heteroatoms. The molecule has 0 radical (unpaired) electrons. The molecule has 6 nitrogen and oxygen atoms in total. The Bertz CT molecular complexity index is 567. The van der Waals surface area contributed by atoms with Crippen molar-refractivity contribution >= 4 is 33.8 Å². The summed E-state index contributed by atoms with van der Waals surface area (Å²) >= 11 is 3.24. The minimum atomic E-state index is -0.613. The lowest BCUT2D eigenvalue weighted by molar-refractivity contribution is -0.132. The number of hydrogen-bond acceptors (Lipinski definition) is 6. The maximum atomic E-state index is 12.0. The van der Waals surface area contributed by atoms with Gasteiger partial charge in [0.05, 0.1) is 6.61 Å². The highest BCUT2D eigenvalue weighted by Crippen LogP contribution is 2.31. The Hall–Kier alpha value is -1.89. The van der Waals surface area contributed by atoms with E-state index in [0.29, 0.717) is 10.9 Å². The summed E-state index contributed by atoms with van der Waals surface area (Å²) in [5, 5.41) is 0.296. The molecule has 0 saturated carbocycles. The molecule has 0 unspecified atom stereocenters. The Morgan fingerprint density at radius 2 is 1.71 bits per heavy atom. The molecule has 0 N–H and O–H groups in total. The molecular weight excluding hydrogens is 344 g/mol. The molecule has 1 aromatic carbocycles. The van der Waals surface area contributed by atoms with Crippen LogP contribution in [-0.4, -0.2) is 24.5 Å². The fraction of sp³-hybridized carbons (Fsp3) is 0.357. The maximum absolute atomic E-state index is 12.0. The van der Waals surface area contributed by atoms with Gasteiger partial charge in [0.15, 0.2) is 0 Å². The van der Waals surface area contributed by atoms with Crippen LogP contribution in [0.5, 0.6) is 11.5 Å². The largest absolute Gasteiger partial charge is 0.462 e. The van der Waals surface area contributed by atoms with Crippen molar-refractivity contribution in [3.05, 3.63) is 23.3 Å². The molecule has 114 valence electrons. The summed E-state index contributed by atoms with van der Waals surface area (Å²) in [5.41, 5.74) is 0.614. The first kappa shape index (κ1) is 17.2. The van der Waals surface area contributed by atoms with Crippen molar-refractivity contribution in [1.82, 2.24) is 0 Å². The average molecular weight is 359 g/mol. The number of rotatable bonds is 5. The Kier molecular flexibility index (Phi) is 6.36. The van der Waals surface area contributed by atoms with Gasteiger partial charge in [-0.3, -0.25) is 9.59 Å². The van der Waals surface area contributed by atoms with Gasteiger partial charge >= 0.3 is 17.9 Å². The van der Waals surface area contributed by atoms with Crippen molar-refractivity contribution < 1.29 is 28.6 Å². The summed E-state index contributed by atoms with van der Waals surface area (Å²) in [6.07, 6.45) is 0. The van der Waals surface area contributed by atoms with E-state index in [2.05, 4.69) is 15.9 Å². The molecule has 0 fully saturated rings. The molecule has 21 heavy (non-hydrogen) atoms. The van der Waals surface area contributed by atoms with E-state index >= 15 is 0 Å². The van der Waals surface area contributed by atoms with Gasteiger partial charge in [0.2, 0.25) is 0 Å². The van der Waals surface area contributed by atoms with E-state index in [-0.39, 0.29) is 23.7 Å². The highest BCUT2D eigenvalue weighted by molar-refractivity contribution is 9.08. The number of hydrogen-bond donors (Lipinski definition) is 0. The van der Waals surface area contributed by atoms with Crippen molar-refractivity contribution in [3.63, 3.8) is 0 Å². The molecule has 0 amide bonds. The van der Waals surface area contributed by atoms with Crippen molar-refractivity contribution in [2.24, 2.45) is 0 Å². The smallest absolute Gasteiger partial charge is 0.342 e. The van der Waals surface area contributed by atoms with E-state index in [0.717, 1.165) is 0 Å². The van der Waals surface area contributed by atoms with Crippen LogP contribution in [-0.2, 0) is 19.7 Å². The topological polar surface area (TPSA) is 78.9 Å². The minimum Gasteiger partial charge on any atom is -0.462 e. The van der Waals surface area contributed by atoms with Gasteiger partial charge in [-0.2, -0.15) is 0 Å². The summed E-state index contributed by atoms with van der Waals surface area (Å²) in [6.45, 7) is 4.32. The van der Waals surface area contributed by atoms with Gasteiger partial charge in [0.25, 0.3) is 0 Å². The second kappa shape index (κ2) is 7.78. The zero-order valence-electron chi connectivity index (χ0n) is 11.9. The van der Waals surface area contributed by atoms with Crippen molar-refractivity contribution in [1.29, 1.82) is 0 Å². The molecule has 0 bridgehead atoms. The van der Waals surface area contributed by atoms with Crippen molar-refractivity contribution in [3.8, 4) is 11.5 Å². The summed E-state index contributed by atoms with van der Waals surface area (Å²) in [7, 11) is 0. The van der Waals surface area contributed by atoms with Crippen LogP contribution in [0.25, 0.3) is 0 Å². The summed E-state index contributed by atoms with van der Waals surface area (Å²) in [5.74, 6) is -1.55. The Labute approximate surface area is 130 Å². The van der Waals surface area contributed by atoms with Crippen LogP contribution in [0.3, 0.4) is 0 Å². The fourth-order valence-electron chi connectivity index (χ4n) is 1.65. The second-order valence-electron chi connectivity index (χ2n) is 4.00. The molecule has 0 atom stereocenters. The zero-order chi connectivity index (χ0) is 16.0. The predicted octanol–water partition coefficient (Wildman–Crippen LogP) is 2.61. The number of carbonyl (C=O) groups excluding carboxylic acids is 3. The van der Waals surface area contributed by atoms with Crippen LogP contribution < -0.4 is 9.47 Å². The Balaban J connectivity index is 3.39. The third-order valence-corrected chi connectivity index (χ3v) is 2.90. The van der Waals surface area contributed by atoms with E-state index in [4.69, 9.17) is 14.2 Å². The van der Waals surface area contributed by atoms with E-state index in [1.807, 2.05) is 0 Å². The van der Waals surface area contributed by atoms with Crippen LogP contribution in [0.4, 0.5) is 0 Å². The van der Waals surface area contributed by atoms with Crippen LogP contribution in [0.2, 0.25) is 0 Å². The third kappa shape index (κ3) is 4.86. The standard InChI is InChI=1S/C14H15BrO6/c1-4-19-14(18)13-10(7-15)5-11(20-8(2)16)6-12(13)21-9(3)17/h5-6H,4,7H2,1-3H3. The van der Waals surface area contributed by atoms with Crippen LogP contribution in [0.15, 0.2) is 12.1 Å². The molecule has 0 aliphatic heterocycles. The molecule has 0 aromatic heterocycles. The number of alkyl halides is 1. The van der Waals surface area contributed by atoms with Gasteiger partial charge in [0, 0.05) is 25.2 Å². The molecule has 0 spiro atoms. The van der Waals surface area contributed by atoms with Crippen LogP contribution in [0.1, 0.15) is 36.7 Å². The van der Waals surface area contributed by atoms with Crippen molar-refractivity contribution in [2.75, 3.05) is 6.61 Å². The highest BCUT2D eigenvalue weighted by Gasteiger charge is 2.22. The quantitative estimate of drug-likeness (QED) is 0.457. The molecule has 0 heterocycles. The molecular formula is C14H15BrO6. The van der Waals surface area contributed by atoms with Gasteiger partial charge in [-0.15, -0.1) is 0 Å².